The SMILES string of the molecule is COC(=O)c1ccc2c(C3CCCCC3)c3n(c2c1)CCN(C(=O)[C@H]1CCCN1C)Cc1cc(F)ccc1-3. The maximum Gasteiger partial charge on any atom is 0.337 e. The highest BCUT2D eigenvalue weighted by molar-refractivity contribution is 5.99. The summed E-state index contributed by atoms with van der Waals surface area (Å²) in [6, 6.07) is 10.7. The third kappa shape index (κ3) is 4.31. The zero-order chi connectivity index (χ0) is 26.4. The van der Waals surface area contributed by atoms with Gasteiger partial charge in [0.15, 0.2) is 0 Å². The van der Waals surface area contributed by atoms with E-state index in [1.807, 2.05) is 30.1 Å². The number of methoxy groups -OCH3 is 1. The highest BCUT2D eigenvalue weighted by Crippen LogP contribution is 2.46. The topological polar surface area (TPSA) is 54.8 Å². The average molecular weight is 518 g/mol. The molecule has 1 saturated heterocycles. The summed E-state index contributed by atoms with van der Waals surface area (Å²) in [5.74, 6) is -0.128. The monoisotopic (exact) mass is 517 g/mol. The molecule has 38 heavy (non-hydrogen) atoms. The van der Waals surface area contributed by atoms with E-state index in [9.17, 15) is 14.0 Å². The summed E-state index contributed by atoms with van der Waals surface area (Å²) in [6.45, 7) is 2.46. The van der Waals surface area contributed by atoms with Gasteiger partial charge in [0.25, 0.3) is 0 Å². The van der Waals surface area contributed by atoms with Gasteiger partial charge in [0.2, 0.25) is 5.91 Å². The molecule has 0 N–H and O–H groups in total. The van der Waals surface area contributed by atoms with E-state index in [-0.39, 0.29) is 23.7 Å². The molecule has 3 heterocycles. The van der Waals surface area contributed by atoms with E-state index in [1.54, 1.807) is 6.07 Å². The first-order valence-corrected chi connectivity index (χ1v) is 14.0. The van der Waals surface area contributed by atoms with Crippen molar-refractivity contribution in [2.45, 2.75) is 70.0 Å². The van der Waals surface area contributed by atoms with Gasteiger partial charge < -0.3 is 14.2 Å². The second kappa shape index (κ2) is 10.2. The van der Waals surface area contributed by atoms with Crippen molar-refractivity contribution in [2.75, 3.05) is 27.2 Å². The third-order valence-corrected chi connectivity index (χ3v) is 8.93. The number of rotatable bonds is 3. The number of likely N-dealkylation sites (N-methyl/N-ethyl adjacent to an activating group) is 1. The van der Waals surface area contributed by atoms with Crippen LogP contribution in [0.1, 0.15) is 72.3 Å². The fourth-order valence-electron chi connectivity index (χ4n) is 7.00. The van der Waals surface area contributed by atoms with Crippen molar-refractivity contribution in [3.8, 4) is 11.3 Å². The molecule has 1 aliphatic carbocycles. The largest absolute Gasteiger partial charge is 0.465 e. The molecule has 2 aliphatic heterocycles. The summed E-state index contributed by atoms with van der Waals surface area (Å²) in [5.41, 5.74) is 5.74. The minimum Gasteiger partial charge on any atom is -0.465 e. The van der Waals surface area contributed by atoms with Gasteiger partial charge in [-0.2, -0.15) is 0 Å². The first-order valence-electron chi connectivity index (χ1n) is 14.0. The van der Waals surface area contributed by atoms with Gasteiger partial charge >= 0.3 is 5.97 Å². The standard InChI is InChI=1S/C31H36FN3O3/c1-33-14-6-9-26(33)30(36)34-15-16-35-27-18-21(31(37)38-2)10-12-25(27)28(20-7-4-3-5-8-20)29(35)24-13-11-23(32)17-22(24)19-34/h10-13,17-18,20,26H,3-9,14-16,19H2,1-2H3/t26-/m1/s1. The van der Waals surface area contributed by atoms with Gasteiger partial charge in [0.05, 0.1) is 24.4 Å². The van der Waals surface area contributed by atoms with Gasteiger partial charge in [0.1, 0.15) is 5.82 Å². The first kappa shape index (κ1) is 25.1. The number of carbonyl (C=O) groups is 2. The Balaban J connectivity index is 1.55. The number of amides is 1. The fourth-order valence-corrected chi connectivity index (χ4v) is 7.00. The van der Waals surface area contributed by atoms with Crippen molar-refractivity contribution >= 4 is 22.8 Å². The van der Waals surface area contributed by atoms with Crippen LogP contribution in [0.3, 0.4) is 0 Å². The van der Waals surface area contributed by atoms with Gasteiger partial charge in [-0.15, -0.1) is 0 Å². The zero-order valence-electron chi connectivity index (χ0n) is 22.3. The van der Waals surface area contributed by atoms with Crippen molar-refractivity contribution in [2.24, 2.45) is 0 Å². The Hall–Kier alpha value is -3.19. The molecule has 2 fully saturated rings. The lowest BCUT2D eigenvalue weighted by Crippen LogP contribution is -2.45. The molecule has 0 unspecified atom stereocenters. The number of esters is 1. The van der Waals surface area contributed by atoms with Crippen LogP contribution in [0.2, 0.25) is 0 Å². The Bertz CT molecular complexity index is 1390. The first-order chi connectivity index (χ1) is 18.5. The lowest BCUT2D eigenvalue weighted by molar-refractivity contribution is -0.136. The molecule has 0 radical (unpaired) electrons. The Labute approximate surface area is 223 Å². The van der Waals surface area contributed by atoms with Gasteiger partial charge in [-0.25, -0.2) is 9.18 Å². The molecule has 0 spiro atoms. The second-order valence-electron chi connectivity index (χ2n) is 11.2. The smallest absolute Gasteiger partial charge is 0.337 e. The number of nitrogens with zero attached hydrogens (tertiary/aromatic N) is 3. The van der Waals surface area contributed by atoms with E-state index >= 15 is 0 Å². The van der Waals surface area contributed by atoms with Crippen LogP contribution in [0.15, 0.2) is 36.4 Å². The van der Waals surface area contributed by atoms with Crippen LogP contribution < -0.4 is 0 Å². The van der Waals surface area contributed by atoms with E-state index < -0.39 is 0 Å². The molecular formula is C31H36FN3O3. The van der Waals surface area contributed by atoms with Gasteiger partial charge in [-0.3, -0.25) is 9.69 Å². The lowest BCUT2D eigenvalue weighted by Gasteiger charge is -2.32. The molecule has 2 aromatic carbocycles. The summed E-state index contributed by atoms with van der Waals surface area (Å²) in [6.07, 6.45) is 7.77. The van der Waals surface area contributed by atoms with Crippen molar-refractivity contribution in [1.82, 2.24) is 14.4 Å². The van der Waals surface area contributed by atoms with E-state index in [4.69, 9.17) is 4.74 Å². The maximum absolute atomic E-state index is 14.7. The predicted molar refractivity (Wildman–Crippen MR) is 146 cm³/mol. The Morgan fingerprint density at radius 1 is 0.947 bits per heavy atom. The summed E-state index contributed by atoms with van der Waals surface area (Å²) in [4.78, 5) is 30.2. The molecule has 1 amide bonds. The molecule has 3 aliphatic rings. The molecule has 6 rings (SSSR count). The molecule has 1 aromatic heterocycles. The minimum absolute atomic E-state index is 0.114. The number of ether oxygens (including phenoxy) is 1. The fraction of sp³-hybridized carbons (Fsp3) is 0.484. The molecule has 1 saturated carbocycles. The normalized spacial score (nSPS) is 20.6. The number of likely N-dealkylation sites (tertiary alicyclic amines) is 1. The van der Waals surface area contributed by atoms with Crippen LogP contribution in [0.4, 0.5) is 4.39 Å². The van der Waals surface area contributed by atoms with Crippen LogP contribution >= 0.6 is 0 Å². The Kier molecular flexibility index (Phi) is 6.72. The summed E-state index contributed by atoms with van der Waals surface area (Å²) < 4.78 is 22.0. The maximum atomic E-state index is 14.7. The van der Waals surface area contributed by atoms with Crippen molar-refractivity contribution < 1.29 is 18.7 Å². The van der Waals surface area contributed by atoms with Gasteiger partial charge in [0, 0.05) is 36.1 Å². The van der Waals surface area contributed by atoms with Gasteiger partial charge in [-0.1, -0.05) is 25.3 Å². The molecule has 200 valence electrons. The van der Waals surface area contributed by atoms with Gasteiger partial charge in [-0.05, 0) is 86.7 Å². The van der Waals surface area contributed by atoms with Crippen LogP contribution in [0, 0.1) is 5.82 Å². The second-order valence-corrected chi connectivity index (χ2v) is 11.2. The van der Waals surface area contributed by atoms with E-state index in [1.165, 1.54) is 38.0 Å². The van der Waals surface area contributed by atoms with Crippen molar-refractivity contribution in [1.29, 1.82) is 0 Å². The van der Waals surface area contributed by atoms with Crippen LogP contribution in [0.5, 0.6) is 0 Å². The number of aromatic nitrogens is 1. The van der Waals surface area contributed by atoms with Crippen LogP contribution in [-0.4, -0.2) is 59.5 Å². The number of benzene rings is 2. The van der Waals surface area contributed by atoms with Crippen LogP contribution in [-0.2, 0) is 22.6 Å². The summed E-state index contributed by atoms with van der Waals surface area (Å²) >= 11 is 0. The van der Waals surface area contributed by atoms with E-state index in [2.05, 4.69) is 15.5 Å². The summed E-state index contributed by atoms with van der Waals surface area (Å²) in [5, 5.41) is 1.14. The number of halogens is 1. The van der Waals surface area contributed by atoms with Crippen LogP contribution in [0.25, 0.3) is 22.2 Å². The highest BCUT2D eigenvalue weighted by atomic mass is 19.1. The van der Waals surface area contributed by atoms with E-state index in [0.717, 1.165) is 60.0 Å². The molecule has 3 aromatic rings. The number of hydrogen-bond acceptors (Lipinski definition) is 4. The highest BCUT2D eigenvalue weighted by Gasteiger charge is 2.34. The molecule has 0 bridgehead atoms. The molecule has 7 heteroatoms. The quantitative estimate of drug-likeness (QED) is 0.417. The number of carbonyl (C=O) groups excluding carboxylic acids is 2. The number of hydrogen-bond donors (Lipinski definition) is 0. The minimum atomic E-state index is -0.365. The van der Waals surface area contributed by atoms with E-state index in [0.29, 0.717) is 31.1 Å². The predicted octanol–water partition coefficient (Wildman–Crippen LogP) is 5.72. The lowest BCUT2D eigenvalue weighted by atomic mass is 9.81. The Morgan fingerprint density at radius 2 is 1.76 bits per heavy atom. The van der Waals surface area contributed by atoms with Crippen molar-refractivity contribution in [3.63, 3.8) is 0 Å². The molecule has 1 atom stereocenters. The number of fused-ring (bicyclic) bond motifs is 5. The van der Waals surface area contributed by atoms with Crippen molar-refractivity contribution in [3.05, 3.63) is 58.9 Å². The molecular weight excluding hydrogens is 481 g/mol. The average Bonchev–Trinajstić information content (AvgIpc) is 3.49. The summed E-state index contributed by atoms with van der Waals surface area (Å²) in [7, 11) is 3.41. The third-order valence-electron chi connectivity index (χ3n) is 8.93. The molecule has 6 nitrogen and oxygen atoms in total. The zero-order valence-corrected chi connectivity index (χ0v) is 22.3. The Morgan fingerprint density at radius 3 is 2.50 bits per heavy atom.